The molecule has 33 heavy (non-hydrogen) atoms. The first-order chi connectivity index (χ1) is 16.0. The zero-order valence-corrected chi connectivity index (χ0v) is 19.5. The summed E-state index contributed by atoms with van der Waals surface area (Å²) < 4.78 is 6.03. The van der Waals surface area contributed by atoms with Crippen molar-refractivity contribution in [3.05, 3.63) is 64.7 Å². The highest BCUT2D eigenvalue weighted by molar-refractivity contribution is 9.09. The van der Waals surface area contributed by atoms with E-state index in [4.69, 9.17) is 4.74 Å². The topological polar surface area (TPSA) is 105 Å². The van der Waals surface area contributed by atoms with E-state index in [9.17, 15) is 19.2 Å². The molecule has 2 N–H and O–H groups in total. The van der Waals surface area contributed by atoms with E-state index in [1.807, 2.05) is 30.3 Å². The number of nitrogens with one attached hydrogen (secondary N) is 2. The summed E-state index contributed by atoms with van der Waals surface area (Å²) in [6.45, 7) is 1.04. The zero-order chi connectivity index (χ0) is 23.4. The average Bonchev–Trinajstić information content (AvgIpc) is 3.05. The number of fused-ring (bicyclic) bond motifs is 1. The van der Waals surface area contributed by atoms with Crippen LogP contribution in [0, 0.1) is 0 Å². The van der Waals surface area contributed by atoms with Crippen molar-refractivity contribution in [2.24, 2.45) is 0 Å². The highest BCUT2D eigenvalue weighted by Crippen LogP contribution is 2.33. The number of amides is 4. The number of carbonyl (C=O) groups is 4. The predicted octanol–water partition coefficient (Wildman–Crippen LogP) is 2.43. The van der Waals surface area contributed by atoms with Crippen molar-refractivity contribution in [2.45, 2.75) is 45.0 Å². The van der Waals surface area contributed by atoms with Crippen LogP contribution in [0.1, 0.15) is 46.3 Å². The van der Waals surface area contributed by atoms with Crippen molar-refractivity contribution in [3.63, 3.8) is 0 Å². The number of rotatable bonds is 7. The van der Waals surface area contributed by atoms with Gasteiger partial charge in [-0.1, -0.05) is 46.3 Å². The summed E-state index contributed by atoms with van der Waals surface area (Å²) in [6.07, 6.45) is 1.30. The van der Waals surface area contributed by atoms with Gasteiger partial charge in [-0.2, -0.15) is 0 Å². The number of halogens is 1. The summed E-state index contributed by atoms with van der Waals surface area (Å²) in [7, 11) is 0. The highest BCUT2D eigenvalue weighted by atomic mass is 79.9. The maximum Gasteiger partial charge on any atom is 0.255 e. The molecule has 0 aromatic heterocycles. The molecule has 0 bridgehead atoms. The molecule has 0 spiro atoms. The molecular weight excluding hydrogens is 490 g/mol. The molecule has 2 aromatic carbocycles. The smallest absolute Gasteiger partial charge is 0.255 e. The fourth-order valence-electron chi connectivity index (χ4n) is 4.04. The summed E-state index contributed by atoms with van der Waals surface area (Å²) in [5.74, 6) is -0.417. The minimum Gasteiger partial charge on any atom is -0.489 e. The number of ether oxygens (including phenoxy) is 1. The summed E-state index contributed by atoms with van der Waals surface area (Å²) >= 11 is 3.12. The summed E-state index contributed by atoms with van der Waals surface area (Å²) in [4.78, 5) is 50.0. The Morgan fingerprint density at radius 3 is 2.64 bits per heavy atom. The monoisotopic (exact) mass is 513 g/mol. The minimum absolute atomic E-state index is 0.0723. The number of benzene rings is 2. The predicted molar refractivity (Wildman–Crippen MR) is 124 cm³/mol. The van der Waals surface area contributed by atoms with Crippen molar-refractivity contribution in [2.75, 3.05) is 5.33 Å². The van der Waals surface area contributed by atoms with Gasteiger partial charge in [-0.15, -0.1) is 0 Å². The molecule has 1 fully saturated rings. The fourth-order valence-corrected chi connectivity index (χ4v) is 4.24. The Balaban J connectivity index is 1.42. The Bertz CT molecular complexity index is 1090. The molecule has 4 rings (SSSR count). The lowest BCUT2D eigenvalue weighted by molar-refractivity contribution is -0.132. The molecule has 8 nitrogen and oxygen atoms in total. The third-order valence-corrected chi connectivity index (χ3v) is 6.31. The summed E-state index contributed by atoms with van der Waals surface area (Å²) in [5.41, 5.74) is 3.20. The van der Waals surface area contributed by atoms with Crippen LogP contribution >= 0.6 is 15.9 Å². The van der Waals surface area contributed by atoms with Gasteiger partial charge >= 0.3 is 0 Å². The fraction of sp³-hybridized carbons (Fsp3) is 0.333. The molecule has 2 aromatic rings. The third-order valence-electron chi connectivity index (χ3n) is 5.80. The maximum atomic E-state index is 13.0. The van der Waals surface area contributed by atoms with E-state index in [1.54, 1.807) is 12.1 Å². The van der Waals surface area contributed by atoms with Gasteiger partial charge in [0.25, 0.3) is 5.91 Å². The van der Waals surface area contributed by atoms with E-state index in [1.165, 1.54) is 4.90 Å². The SMILES string of the molecule is O=C(CBr)NCc1ccc(COc2cccc3c2CN([C@H]2CCCC(=O)NC2=O)C3=O)cc1. The van der Waals surface area contributed by atoms with Gasteiger partial charge in [0.2, 0.25) is 17.7 Å². The van der Waals surface area contributed by atoms with E-state index in [0.29, 0.717) is 37.3 Å². The number of carbonyl (C=O) groups excluding carboxylic acids is 4. The van der Waals surface area contributed by atoms with E-state index in [0.717, 1.165) is 16.7 Å². The van der Waals surface area contributed by atoms with E-state index >= 15 is 0 Å². The van der Waals surface area contributed by atoms with Gasteiger partial charge in [-0.25, -0.2) is 0 Å². The van der Waals surface area contributed by atoms with Crippen LogP contribution in [0.5, 0.6) is 5.75 Å². The summed E-state index contributed by atoms with van der Waals surface area (Å²) in [6, 6.07) is 12.4. The Morgan fingerprint density at radius 1 is 1.12 bits per heavy atom. The van der Waals surface area contributed by atoms with Crippen LogP contribution in [0.15, 0.2) is 42.5 Å². The quantitative estimate of drug-likeness (QED) is 0.437. The zero-order valence-electron chi connectivity index (χ0n) is 17.9. The molecule has 2 heterocycles. The first kappa shape index (κ1) is 23.0. The number of hydrogen-bond donors (Lipinski definition) is 2. The van der Waals surface area contributed by atoms with Gasteiger partial charge in [0.1, 0.15) is 18.4 Å². The normalized spacial score (nSPS) is 17.9. The minimum atomic E-state index is -0.665. The van der Waals surface area contributed by atoms with Crippen molar-refractivity contribution in [1.82, 2.24) is 15.5 Å². The Hall–Kier alpha value is -3.20. The summed E-state index contributed by atoms with van der Waals surface area (Å²) in [5, 5.41) is 5.44. The van der Waals surface area contributed by atoms with Crippen molar-refractivity contribution in [1.29, 1.82) is 0 Å². The average molecular weight is 514 g/mol. The third kappa shape index (κ3) is 5.24. The molecule has 172 valence electrons. The van der Waals surface area contributed by atoms with Crippen LogP contribution in [0.2, 0.25) is 0 Å². The van der Waals surface area contributed by atoms with Crippen LogP contribution in [0.4, 0.5) is 0 Å². The van der Waals surface area contributed by atoms with Crippen molar-refractivity contribution in [3.8, 4) is 5.75 Å². The van der Waals surface area contributed by atoms with Gasteiger partial charge in [0.05, 0.1) is 11.9 Å². The molecule has 0 saturated carbocycles. The van der Waals surface area contributed by atoms with Gasteiger partial charge in [-0.3, -0.25) is 24.5 Å². The second kappa shape index (κ2) is 10.2. The molecule has 0 radical (unpaired) electrons. The highest BCUT2D eigenvalue weighted by Gasteiger charge is 2.39. The van der Waals surface area contributed by atoms with Crippen LogP contribution in [0.3, 0.4) is 0 Å². The lowest BCUT2D eigenvalue weighted by Crippen LogP contribution is -2.46. The Morgan fingerprint density at radius 2 is 1.88 bits per heavy atom. The van der Waals surface area contributed by atoms with Gasteiger partial charge in [0.15, 0.2) is 0 Å². The van der Waals surface area contributed by atoms with Gasteiger partial charge in [0, 0.05) is 24.1 Å². The van der Waals surface area contributed by atoms with Crippen molar-refractivity contribution >= 4 is 39.6 Å². The molecule has 9 heteroatoms. The molecule has 0 unspecified atom stereocenters. The molecule has 4 amide bonds. The lowest BCUT2D eigenvalue weighted by Gasteiger charge is -2.24. The largest absolute Gasteiger partial charge is 0.489 e. The number of hydrogen-bond acceptors (Lipinski definition) is 5. The molecule has 0 aliphatic carbocycles. The maximum absolute atomic E-state index is 13.0. The number of imide groups is 1. The molecule has 1 saturated heterocycles. The number of alkyl halides is 1. The first-order valence-corrected chi connectivity index (χ1v) is 11.9. The second-order valence-electron chi connectivity index (χ2n) is 8.05. The first-order valence-electron chi connectivity index (χ1n) is 10.8. The lowest BCUT2D eigenvalue weighted by atomic mass is 10.1. The van der Waals surface area contributed by atoms with E-state index < -0.39 is 11.9 Å². The number of nitrogens with zero attached hydrogens (tertiary/aromatic N) is 1. The second-order valence-corrected chi connectivity index (χ2v) is 8.61. The standard InChI is InChI=1S/C24H24BrN3O5/c25-11-22(30)26-12-15-7-9-16(10-8-15)14-33-20-5-1-3-17-18(20)13-28(24(17)32)19-4-2-6-21(29)27-23(19)31/h1,3,5,7-10,19H,2,4,6,11-14H2,(H,26,30)(H,27,29,31)/t19-/m0/s1. The molecular formula is C24H24BrN3O5. The van der Waals surface area contributed by atoms with E-state index in [-0.39, 0.29) is 36.0 Å². The van der Waals surface area contributed by atoms with Gasteiger partial charge < -0.3 is 15.0 Å². The Kier molecular flexibility index (Phi) is 7.08. The van der Waals surface area contributed by atoms with Gasteiger partial charge in [-0.05, 0) is 36.1 Å². The molecule has 2 aliphatic rings. The Labute approximate surface area is 199 Å². The molecule has 1 atom stereocenters. The van der Waals surface area contributed by atoms with Crippen LogP contribution in [-0.2, 0) is 34.1 Å². The molecule has 2 aliphatic heterocycles. The van der Waals surface area contributed by atoms with Crippen LogP contribution < -0.4 is 15.4 Å². The van der Waals surface area contributed by atoms with Crippen LogP contribution in [-0.4, -0.2) is 39.9 Å². The van der Waals surface area contributed by atoms with Crippen molar-refractivity contribution < 1.29 is 23.9 Å². The van der Waals surface area contributed by atoms with Crippen LogP contribution in [0.25, 0.3) is 0 Å². The van der Waals surface area contributed by atoms with E-state index in [2.05, 4.69) is 26.6 Å².